The van der Waals surface area contributed by atoms with Crippen LogP contribution >= 0.6 is 0 Å². The van der Waals surface area contributed by atoms with Gasteiger partial charge in [-0.3, -0.25) is 9.59 Å². The third-order valence-corrected chi connectivity index (χ3v) is 5.56. The summed E-state index contributed by atoms with van der Waals surface area (Å²) in [6.45, 7) is 0. The van der Waals surface area contributed by atoms with Crippen molar-refractivity contribution in [2.45, 2.75) is 12.8 Å². The molecule has 0 heterocycles. The van der Waals surface area contributed by atoms with Gasteiger partial charge < -0.3 is 18.9 Å². The molecule has 6 nitrogen and oxygen atoms in total. The summed E-state index contributed by atoms with van der Waals surface area (Å²) in [6.07, 6.45) is 0.694. The Morgan fingerprint density at radius 2 is 0.963 bits per heavy atom. The number of Topliss-reactive ketones (excluding diaryl/α,β-unsaturated/α-hetero) is 2. The summed E-state index contributed by atoms with van der Waals surface area (Å²) in [7, 11) is 6.14. The second kappa shape index (κ2) is 6.01. The minimum absolute atomic E-state index is 0.169. The van der Waals surface area contributed by atoms with E-state index in [1.54, 1.807) is 38.5 Å². The summed E-state index contributed by atoms with van der Waals surface area (Å²) in [5.74, 6) is 1.72. The Balaban J connectivity index is 1.81. The van der Waals surface area contributed by atoms with Crippen LogP contribution in [0.15, 0.2) is 24.3 Å². The van der Waals surface area contributed by atoms with Crippen LogP contribution in [-0.2, 0) is 12.8 Å². The number of carbonyl (C=O) groups excluding carboxylic acids is 2. The van der Waals surface area contributed by atoms with Crippen LogP contribution in [0.1, 0.15) is 31.8 Å². The van der Waals surface area contributed by atoms with E-state index in [1.807, 2.05) is 0 Å². The molecule has 0 unspecified atom stereocenters. The Morgan fingerprint density at radius 1 is 0.630 bits per heavy atom. The third-order valence-electron chi connectivity index (χ3n) is 5.56. The SMILES string of the molecule is COc1cc2c(cc1OC)C(=O)C1(C2)Cc2cc(OC)c(OC)cc2C1=O. The number of hydrogen-bond donors (Lipinski definition) is 0. The lowest BCUT2D eigenvalue weighted by Gasteiger charge is -2.18. The fourth-order valence-electron chi connectivity index (χ4n) is 4.21. The van der Waals surface area contributed by atoms with Crippen LogP contribution in [0.4, 0.5) is 0 Å². The van der Waals surface area contributed by atoms with Crippen molar-refractivity contribution in [1.29, 1.82) is 0 Å². The molecule has 2 aromatic rings. The van der Waals surface area contributed by atoms with Gasteiger partial charge in [-0.25, -0.2) is 0 Å². The average molecular weight is 368 g/mol. The summed E-state index contributed by atoms with van der Waals surface area (Å²) in [6, 6.07) is 6.92. The van der Waals surface area contributed by atoms with Gasteiger partial charge in [-0.15, -0.1) is 0 Å². The molecule has 0 N–H and O–H groups in total. The molecule has 0 bridgehead atoms. The predicted molar refractivity (Wildman–Crippen MR) is 97.6 cm³/mol. The second-order valence-corrected chi connectivity index (χ2v) is 6.82. The van der Waals surface area contributed by atoms with Gasteiger partial charge >= 0.3 is 0 Å². The highest BCUT2D eigenvalue weighted by atomic mass is 16.5. The Kier molecular flexibility index (Phi) is 3.87. The Morgan fingerprint density at radius 3 is 1.30 bits per heavy atom. The monoisotopic (exact) mass is 368 g/mol. The lowest BCUT2D eigenvalue weighted by Crippen LogP contribution is -2.34. The van der Waals surface area contributed by atoms with Crippen molar-refractivity contribution in [2.24, 2.45) is 5.41 Å². The average Bonchev–Trinajstić information content (AvgIpc) is 3.13. The van der Waals surface area contributed by atoms with E-state index in [9.17, 15) is 9.59 Å². The van der Waals surface area contributed by atoms with Gasteiger partial charge in [0, 0.05) is 11.1 Å². The van der Waals surface area contributed by atoms with Gasteiger partial charge in [-0.05, 0) is 48.2 Å². The van der Waals surface area contributed by atoms with Crippen LogP contribution in [0.3, 0.4) is 0 Å². The molecule has 2 aliphatic rings. The van der Waals surface area contributed by atoms with E-state index in [1.165, 1.54) is 14.2 Å². The molecule has 0 fully saturated rings. The lowest BCUT2D eigenvalue weighted by atomic mass is 9.80. The summed E-state index contributed by atoms with van der Waals surface area (Å²) in [5, 5.41) is 0. The first kappa shape index (κ1) is 17.4. The zero-order valence-electron chi connectivity index (χ0n) is 15.7. The van der Waals surface area contributed by atoms with Crippen LogP contribution < -0.4 is 18.9 Å². The number of ketones is 2. The van der Waals surface area contributed by atoms with Crippen LogP contribution in [-0.4, -0.2) is 40.0 Å². The van der Waals surface area contributed by atoms with Gasteiger partial charge in [-0.1, -0.05) is 0 Å². The lowest BCUT2D eigenvalue weighted by molar-refractivity contribution is 0.0705. The summed E-state index contributed by atoms with van der Waals surface area (Å²) in [4.78, 5) is 26.6. The number of carbonyl (C=O) groups is 2. The molecule has 27 heavy (non-hydrogen) atoms. The zero-order chi connectivity index (χ0) is 19.3. The van der Waals surface area contributed by atoms with E-state index >= 15 is 0 Å². The predicted octanol–water partition coefficient (Wildman–Crippen LogP) is 2.89. The van der Waals surface area contributed by atoms with Crippen LogP contribution in [0, 0.1) is 5.41 Å². The highest BCUT2D eigenvalue weighted by Gasteiger charge is 2.56. The van der Waals surface area contributed by atoms with Crippen LogP contribution in [0.25, 0.3) is 0 Å². The molecule has 0 amide bonds. The first-order valence-electron chi connectivity index (χ1n) is 8.58. The molecule has 0 atom stereocenters. The molecule has 0 saturated heterocycles. The molecule has 0 saturated carbocycles. The van der Waals surface area contributed by atoms with E-state index in [0.717, 1.165) is 11.1 Å². The van der Waals surface area contributed by atoms with Gasteiger partial charge in [0.25, 0.3) is 0 Å². The van der Waals surface area contributed by atoms with Crippen molar-refractivity contribution in [3.05, 3.63) is 46.5 Å². The molecular formula is C21H20O6. The van der Waals surface area contributed by atoms with E-state index in [2.05, 4.69) is 0 Å². The van der Waals surface area contributed by atoms with Crippen LogP contribution in [0.5, 0.6) is 23.0 Å². The fraction of sp³-hybridized carbons (Fsp3) is 0.333. The second-order valence-electron chi connectivity index (χ2n) is 6.82. The molecular weight excluding hydrogens is 348 g/mol. The first-order chi connectivity index (χ1) is 13.0. The standard InChI is InChI=1S/C21H20O6/c1-24-15-5-11-9-21(19(22)13(11)7-17(15)26-3)10-12-6-16(25-2)18(27-4)8-14(12)20(21)23/h5-8H,9-10H2,1-4H3. The maximum atomic E-state index is 13.3. The number of methoxy groups -OCH3 is 4. The summed E-state index contributed by atoms with van der Waals surface area (Å²) >= 11 is 0. The van der Waals surface area contributed by atoms with Crippen molar-refractivity contribution in [2.75, 3.05) is 28.4 Å². The molecule has 0 radical (unpaired) electrons. The number of hydrogen-bond acceptors (Lipinski definition) is 6. The molecule has 1 spiro atoms. The van der Waals surface area contributed by atoms with Gasteiger partial charge in [0.15, 0.2) is 34.6 Å². The number of rotatable bonds is 4. The van der Waals surface area contributed by atoms with E-state index < -0.39 is 5.41 Å². The Hall–Kier alpha value is -3.02. The van der Waals surface area contributed by atoms with E-state index in [-0.39, 0.29) is 11.6 Å². The number of ether oxygens (including phenoxy) is 4. The van der Waals surface area contributed by atoms with Crippen molar-refractivity contribution < 1.29 is 28.5 Å². The summed E-state index contributed by atoms with van der Waals surface area (Å²) < 4.78 is 21.3. The topological polar surface area (TPSA) is 71.1 Å². The molecule has 2 aliphatic carbocycles. The minimum Gasteiger partial charge on any atom is -0.493 e. The van der Waals surface area contributed by atoms with Crippen LogP contribution in [0.2, 0.25) is 0 Å². The molecule has 140 valence electrons. The maximum Gasteiger partial charge on any atom is 0.177 e. The Labute approximate surface area is 157 Å². The van der Waals surface area contributed by atoms with Gasteiger partial charge in [-0.2, -0.15) is 0 Å². The largest absolute Gasteiger partial charge is 0.493 e. The molecule has 2 aromatic carbocycles. The highest BCUT2D eigenvalue weighted by molar-refractivity contribution is 6.25. The molecule has 0 aromatic heterocycles. The zero-order valence-corrected chi connectivity index (χ0v) is 15.7. The van der Waals surface area contributed by atoms with Gasteiger partial charge in [0.2, 0.25) is 0 Å². The number of fused-ring (bicyclic) bond motifs is 2. The first-order valence-corrected chi connectivity index (χ1v) is 8.58. The molecule has 0 aliphatic heterocycles. The van der Waals surface area contributed by atoms with Crippen molar-refractivity contribution >= 4 is 11.6 Å². The molecule has 6 heteroatoms. The molecule has 4 rings (SSSR count). The minimum atomic E-state index is -1.11. The highest BCUT2D eigenvalue weighted by Crippen LogP contribution is 2.50. The Bertz CT molecular complexity index is 896. The van der Waals surface area contributed by atoms with E-state index in [4.69, 9.17) is 18.9 Å². The van der Waals surface area contributed by atoms with Crippen molar-refractivity contribution in [3.63, 3.8) is 0 Å². The maximum absolute atomic E-state index is 13.3. The quantitative estimate of drug-likeness (QED) is 0.773. The smallest absolute Gasteiger partial charge is 0.177 e. The summed E-state index contributed by atoms with van der Waals surface area (Å²) in [5.41, 5.74) is 1.54. The third kappa shape index (κ3) is 2.25. The number of benzene rings is 2. The van der Waals surface area contributed by atoms with Crippen molar-refractivity contribution in [1.82, 2.24) is 0 Å². The van der Waals surface area contributed by atoms with Gasteiger partial charge in [0.05, 0.1) is 28.4 Å². The normalized spacial score (nSPS) is 16.3. The fourth-order valence-corrected chi connectivity index (χ4v) is 4.21. The van der Waals surface area contributed by atoms with Gasteiger partial charge in [0.1, 0.15) is 5.41 Å². The van der Waals surface area contributed by atoms with E-state index in [0.29, 0.717) is 47.0 Å². The van der Waals surface area contributed by atoms with Crippen molar-refractivity contribution in [3.8, 4) is 23.0 Å².